The van der Waals surface area contributed by atoms with Crippen molar-refractivity contribution in [2.24, 2.45) is 0 Å². The van der Waals surface area contributed by atoms with Crippen LogP contribution in [0.3, 0.4) is 0 Å². The molecule has 0 bridgehead atoms. The summed E-state index contributed by atoms with van der Waals surface area (Å²) in [5.74, 6) is 0.426. The molecular weight excluding hydrogens is 351 g/mol. The molecule has 0 spiro atoms. The number of amides is 1. The van der Waals surface area contributed by atoms with E-state index in [1.165, 1.54) is 19.2 Å². The standard InChI is InChI=1S/C20H21FN2O4/c1-20(2,3)27-19(24)23(4)17-9-7-14(18(21)22-17)16-11-12-10-13(25-5)6-8-15(12)26-16/h6-11H,1-5H3. The van der Waals surface area contributed by atoms with Gasteiger partial charge in [-0.15, -0.1) is 0 Å². The Kier molecular flexibility index (Phi) is 4.78. The molecule has 0 saturated heterocycles. The average Bonchev–Trinajstić information content (AvgIpc) is 3.02. The van der Waals surface area contributed by atoms with Crippen LogP contribution in [0.2, 0.25) is 0 Å². The lowest BCUT2D eigenvalue weighted by Crippen LogP contribution is -2.34. The van der Waals surface area contributed by atoms with Crippen molar-refractivity contribution < 1.29 is 23.1 Å². The number of hydrogen-bond donors (Lipinski definition) is 0. The van der Waals surface area contributed by atoms with Gasteiger partial charge < -0.3 is 13.9 Å². The molecule has 2 heterocycles. The first kappa shape index (κ1) is 18.7. The van der Waals surface area contributed by atoms with Crippen LogP contribution in [0.1, 0.15) is 20.8 Å². The first-order valence-corrected chi connectivity index (χ1v) is 8.39. The number of ether oxygens (including phenoxy) is 2. The van der Waals surface area contributed by atoms with Crippen molar-refractivity contribution >= 4 is 22.9 Å². The quantitative estimate of drug-likeness (QED) is 0.605. The number of carbonyl (C=O) groups is 1. The number of fused-ring (bicyclic) bond motifs is 1. The van der Waals surface area contributed by atoms with Gasteiger partial charge in [-0.25, -0.2) is 9.78 Å². The molecule has 142 valence electrons. The number of aromatic nitrogens is 1. The minimum absolute atomic E-state index is 0.142. The Morgan fingerprint density at radius 3 is 2.56 bits per heavy atom. The van der Waals surface area contributed by atoms with Gasteiger partial charge in [-0.2, -0.15) is 4.39 Å². The third kappa shape index (κ3) is 4.02. The lowest BCUT2D eigenvalue weighted by Gasteiger charge is -2.24. The molecule has 0 unspecified atom stereocenters. The number of anilines is 1. The summed E-state index contributed by atoms with van der Waals surface area (Å²) in [7, 11) is 3.05. The zero-order valence-electron chi connectivity index (χ0n) is 15.9. The predicted molar refractivity (Wildman–Crippen MR) is 101 cm³/mol. The number of pyridine rings is 1. The van der Waals surface area contributed by atoms with Crippen LogP contribution in [0.5, 0.6) is 5.75 Å². The van der Waals surface area contributed by atoms with Crippen LogP contribution in [-0.2, 0) is 4.74 Å². The Balaban J connectivity index is 1.89. The molecule has 0 radical (unpaired) electrons. The highest BCUT2D eigenvalue weighted by atomic mass is 19.1. The summed E-state index contributed by atoms with van der Waals surface area (Å²) < 4.78 is 30.8. The van der Waals surface area contributed by atoms with E-state index in [1.54, 1.807) is 52.1 Å². The van der Waals surface area contributed by atoms with Gasteiger partial charge in [0.25, 0.3) is 0 Å². The van der Waals surface area contributed by atoms with Crippen molar-refractivity contribution in [2.45, 2.75) is 26.4 Å². The van der Waals surface area contributed by atoms with Crippen LogP contribution < -0.4 is 9.64 Å². The van der Waals surface area contributed by atoms with E-state index in [9.17, 15) is 9.18 Å². The van der Waals surface area contributed by atoms with E-state index in [4.69, 9.17) is 13.9 Å². The van der Waals surface area contributed by atoms with Crippen molar-refractivity contribution in [3.63, 3.8) is 0 Å². The zero-order chi connectivity index (χ0) is 19.8. The fraction of sp³-hybridized carbons (Fsp3) is 0.300. The maximum absolute atomic E-state index is 14.6. The summed E-state index contributed by atoms with van der Waals surface area (Å²) in [5.41, 5.74) is 0.158. The van der Waals surface area contributed by atoms with Gasteiger partial charge in [0, 0.05) is 12.4 Å². The molecule has 0 N–H and O–H groups in total. The maximum atomic E-state index is 14.6. The van der Waals surface area contributed by atoms with Gasteiger partial charge in [-0.05, 0) is 57.2 Å². The number of hydrogen-bond acceptors (Lipinski definition) is 5. The largest absolute Gasteiger partial charge is 0.497 e. The third-order valence-electron chi connectivity index (χ3n) is 3.83. The van der Waals surface area contributed by atoms with Crippen LogP contribution in [0.15, 0.2) is 40.8 Å². The number of carbonyl (C=O) groups excluding carboxylic acids is 1. The SMILES string of the molecule is COc1ccc2oc(-c3ccc(N(C)C(=O)OC(C)(C)C)nc3F)cc2c1. The van der Waals surface area contributed by atoms with Gasteiger partial charge in [-0.1, -0.05) is 0 Å². The molecule has 27 heavy (non-hydrogen) atoms. The Morgan fingerprint density at radius 1 is 1.19 bits per heavy atom. The fourth-order valence-electron chi connectivity index (χ4n) is 2.50. The second-order valence-corrected chi connectivity index (χ2v) is 7.06. The minimum Gasteiger partial charge on any atom is -0.497 e. The molecule has 3 aromatic rings. The molecule has 3 rings (SSSR count). The van der Waals surface area contributed by atoms with E-state index in [2.05, 4.69) is 4.98 Å². The first-order valence-electron chi connectivity index (χ1n) is 8.39. The smallest absolute Gasteiger partial charge is 0.415 e. The molecule has 7 heteroatoms. The van der Waals surface area contributed by atoms with E-state index in [-0.39, 0.29) is 11.4 Å². The van der Waals surface area contributed by atoms with Crippen molar-refractivity contribution in [1.29, 1.82) is 0 Å². The molecule has 1 aromatic carbocycles. The summed E-state index contributed by atoms with van der Waals surface area (Å²) >= 11 is 0. The summed E-state index contributed by atoms with van der Waals surface area (Å²) in [6, 6.07) is 10.1. The summed E-state index contributed by atoms with van der Waals surface area (Å²) in [5, 5.41) is 0.790. The lowest BCUT2D eigenvalue weighted by atomic mass is 10.2. The van der Waals surface area contributed by atoms with Crippen molar-refractivity contribution in [1.82, 2.24) is 4.98 Å². The number of furan rings is 1. The van der Waals surface area contributed by atoms with Crippen LogP contribution in [-0.4, -0.2) is 30.8 Å². The Labute approximate surface area is 156 Å². The second kappa shape index (κ2) is 6.90. The average molecular weight is 372 g/mol. The summed E-state index contributed by atoms with van der Waals surface area (Å²) in [6.45, 7) is 5.27. The van der Waals surface area contributed by atoms with Crippen LogP contribution >= 0.6 is 0 Å². The number of methoxy groups -OCH3 is 1. The van der Waals surface area contributed by atoms with E-state index in [1.807, 2.05) is 0 Å². The Bertz CT molecular complexity index is 991. The van der Waals surface area contributed by atoms with E-state index in [0.717, 1.165) is 10.3 Å². The highest BCUT2D eigenvalue weighted by Gasteiger charge is 2.22. The molecule has 0 aliphatic rings. The molecule has 0 atom stereocenters. The molecular formula is C20H21FN2O4. The Hall–Kier alpha value is -3.09. The van der Waals surface area contributed by atoms with E-state index < -0.39 is 17.6 Å². The molecule has 0 saturated carbocycles. The van der Waals surface area contributed by atoms with E-state index in [0.29, 0.717) is 17.1 Å². The molecule has 1 amide bonds. The van der Waals surface area contributed by atoms with Gasteiger partial charge in [0.05, 0.1) is 12.7 Å². The monoisotopic (exact) mass is 372 g/mol. The van der Waals surface area contributed by atoms with Crippen molar-refractivity contribution in [3.05, 3.63) is 42.3 Å². The molecule has 2 aromatic heterocycles. The van der Waals surface area contributed by atoms with Gasteiger partial charge >= 0.3 is 6.09 Å². The normalized spacial score (nSPS) is 11.5. The van der Waals surface area contributed by atoms with Crippen molar-refractivity contribution in [2.75, 3.05) is 19.1 Å². The molecule has 6 nitrogen and oxygen atoms in total. The van der Waals surface area contributed by atoms with Gasteiger partial charge in [0.2, 0.25) is 5.95 Å². The second-order valence-electron chi connectivity index (χ2n) is 7.06. The number of rotatable bonds is 3. The van der Waals surface area contributed by atoms with Crippen LogP contribution in [0, 0.1) is 5.95 Å². The predicted octanol–water partition coefficient (Wildman–Crippen LogP) is 5.01. The fourth-order valence-corrected chi connectivity index (χ4v) is 2.50. The van der Waals surface area contributed by atoms with Gasteiger partial charge in [0.1, 0.15) is 28.5 Å². The first-order chi connectivity index (χ1) is 12.7. The molecule has 0 fully saturated rings. The minimum atomic E-state index is -0.742. The van der Waals surface area contributed by atoms with Gasteiger partial charge in [-0.3, -0.25) is 4.90 Å². The van der Waals surface area contributed by atoms with E-state index >= 15 is 0 Å². The van der Waals surface area contributed by atoms with Crippen molar-refractivity contribution in [3.8, 4) is 17.1 Å². The van der Waals surface area contributed by atoms with Gasteiger partial charge in [0.15, 0.2) is 0 Å². The number of halogens is 1. The number of nitrogens with zero attached hydrogens (tertiary/aromatic N) is 2. The lowest BCUT2D eigenvalue weighted by molar-refractivity contribution is 0.0588. The molecule has 0 aliphatic heterocycles. The Morgan fingerprint density at radius 2 is 1.93 bits per heavy atom. The zero-order valence-corrected chi connectivity index (χ0v) is 15.9. The summed E-state index contributed by atoms with van der Waals surface area (Å²) in [4.78, 5) is 17.1. The number of benzene rings is 1. The van der Waals surface area contributed by atoms with Crippen LogP contribution in [0.25, 0.3) is 22.3 Å². The summed E-state index contributed by atoms with van der Waals surface area (Å²) in [6.07, 6.45) is -0.613. The highest BCUT2D eigenvalue weighted by Crippen LogP contribution is 2.32. The molecule has 0 aliphatic carbocycles. The van der Waals surface area contributed by atoms with Crippen LogP contribution in [0.4, 0.5) is 15.0 Å². The highest BCUT2D eigenvalue weighted by molar-refractivity contribution is 5.87. The topological polar surface area (TPSA) is 64.8 Å². The third-order valence-corrected chi connectivity index (χ3v) is 3.83. The maximum Gasteiger partial charge on any atom is 0.415 e.